The largest absolute Gasteiger partial charge is 0.441 e. The molecule has 0 saturated heterocycles. The predicted molar refractivity (Wildman–Crippen MR) is 98.2 cm³/mol. The summed E-state index contributed by atoms with van der Waals surface area (Å²) >= 11 is 5.96. The topological polar surface area (TPSA) is 55.1 Å². The van der Waals surface area contributed by atoms with E-state index in [0.29, 0.717) is 10.9 Å². The number of hydrogen-bond donors (Lipinski definition) is 1. The highest BCUT2D eigenvalue weighted by molar-refractivity contribution is 6.30. The van der Waals surface area contributed by atoms with Gasteiger partial charge < -0.3 is 9.73 Å². The molecule has 7 heteroatoms. The van der Waals surface area contributed by atoms with Gasteiger partial charge in [0.2, 0.25) is 5.91 Å². The van der Waals surface area contributed by atoms with Gasteiger partial charge in [-0.1, -0.05) is 23.7 Å². The van der Waals surface area contributed by atoms with Gasteiger partial charge in [-0.3, -0.25) is 4.79 Å². The molecule has 0 saturated carbocycles. The van der Waals surface area contributed by atoms with E-state index in [4.69, 9.17) is 16.0 Å². The number of carbonyl (C=O) groups is 1. The molecule has 0 aliphatic rings. The summed E-state index contributed by atoms with van der Waals surface area (Å²) in [5.74, 6) is -1.07. The molecular formula is C20H17ClF2N2O2. The van der Waals surface area contributed by atoms with Gasteiger partial charge >= 0.3 is 0 Å². The summed E-state index contributed by atoms with van der Waals surface area (Å²) in [6, 6.07) is 10.3. The van der Waals surface area contributed by atoms with E-state index in [1.807, 2.05) is 19.1 Å². The van der Waals surface area contributed by atoms with Crippen molar-refractivity contribution in [2.24, 2.45) is 0 Å². The Kier molecular flexibility index (Phi) is 5.86. The Balaban J connectivity index is 1.57. The lowest BCUT2D eigenvalue weighted by Crippen LogP contribution is -2.26. The average molecular weight is 391 g/mol. The second-order valence-electron chi connectivity index (χ2n) is 6.09. The lowest BCUT2D eigenvalue weighted by atomic mass is 10.1. The zero-order valence-electron chi connectivity index (χ0n) is 14.5. The van der Waals surface area contributed by atoms with Crippen LogP contribution < -0.4 is 5.32 Å². The highest BCUT2D eigenvalue weighted by atomic mass is 35.5. The number of aromatic nitrogens is 1. The van der Waals surface area contributed by atoms with Crippen molar-refractivity contribution < 1.29 is 18.0 Å². The Bertz CT molecular complexity index is 959. The van der Waals surface area contributed by atoms with Crippen molar-refractivity contribution in [1.82, 2.24) is 10.3 Å². The molecule has 0 aliphatic carbocycles. The second-order valence-corrected chi connectivity index (χ2v) is 6.52. The van der Waals surface area contributed by atoms with Gasteiger partial charge in [-0.15, -0.1) is 0 Å². The minimum Gasteiger partial charge on any atom is -0.441 e. The van der Waals surface area contributed by atoms with Crippen LogP contribution in [0.4, 0.5) is 8.78 Å². The summed E-state index contributed by atoms with van der Waals surface area (Å²) in [6.07, 6.45) is 1.78. The number of halogens is 3. The number of oxazole rings is 1. The van der Waals surface area contributed by atoms with Crippen molar-refractivity contribution in [3.05, 3.63) is 76.8 Å². The fourth-order valence-electron chi connectivity index (χ4n) is 2.63. The second kappa shape index (κ2) is 8.31. The van der Waals surface area contributed by atoms with E-state index in [1.54, 1.807) is 12.1 Å². The molecular weight excluding hydrogens is 374 g/mol. The van der Waals surface area contributed by atoms with Gasteiger partial charge in [0.15, 0.2) is 11.7 Å². The predicted octanol–water partition coefficient (Wildman–Crippen LogP) is 5.08. The lowest BCUT2D eigenvalue weighted by Gasteiger charge is -2.14. The maximum absolute atomic E-state index is 13.8. The SMILES string of the molecule is C[C@H](NC(=O)CCc1ncc(-c2ccc(F)cc2F)o1)c1cccc(Cl)c1. The maximum Gasteiger partial charge on any atom is 0.220 e. The number of amides is 1. The summed E-state index contributed by atoms with van der Waals surface area (Å²) < 4.78 is 32.3. The van der Waals surface area contributed by atoms with Crippen LogP contribution in [-0.2, 0) is 11.2 Å². The zero-order valence-corrected chi connectivity index (χ0v) is 15.3. The minimum atomic E-state index is -0.731. The Morgan fingerprint density at radius 2 is 2.07 bits per heavy atom. The van der Waals surface area contributed by atoms with Crippen LogP contribution in [-0.4, -0.2) is 10.9 Å². The van der Waals surface area contributed by atoms with E-state index < -0.39 is 11.6 Å². The molecule has 2 aromatic carbocycles. The van der Waals surface area contributed by atoms with E-state index in [0.717, 1.165) is 17.7 Å². The number of aryl methyl sites for hydroxylation is 1. The van der Waals surface area contributed by atoms with E-state index >= 15 is 0 Å². The van der Waals surface area contributed by atoms with Gasteiger partial charge in [0.25, 0.3) is 0 Å². The Morgan fingerprint density at radius 3 is 2.81 bits per heavy atom. The molecule has 1 heterocycles. The maximum atomic E-state index is 13.8. The molecule has 1 amide bonds. The Labute approximate surface area is 160 Å². The molecule has 0 radical (unpaired) electrons. The number of benzene rings is 2. The van der Waals surface area contributed by atoms with Crippen molar-refractivity contribution in [1.29, 1.82) is 0 Å². The fourth-order valence-corrected chi connectivity index (χ4v) is 2.83. The lowest BCUT2D eigenvalue weighted by molar-refractivity contribution is -0.121. The number of carbonyl (C=O) groups excluding carboxylic acids is 1. The molecule has 27 heavy (non-hydrogen) atoms. The zero-order chi connectivity index (χ0) is 19.4. The highest BCUT2D eigenvalue weighted by Gasteiger charge is 2.14. The van der Waals surface area contributed by atoms with E-state index in [2.05, 4.69) is 10.3 Å². The number of nitrogens with one attached hydrogen (secondary N) is 1. The van der Waals surface area contributed by atoms with Crippen LogP contribution in [0.25, 0.3) is 11.3 Å². The fraction of sp³-hybridized carbons (Fsp3) is 0.200. The Morgan fingerprint density at radius 1 is 1.26 bits per heavy atom. The molecule has 0 unspecified atom stereocenters. The van der Waals surface area contributed by atoms with Crippen molar-refractivity contribution in [3.63, 3.8) is 0 Å². The number of nitrogens with zero attached hydrogens (tertiary/aromatic N) is 1. The molecule has 0 fully saturated rings. The van der Waals surface area contributed by atoms with E-state index in [1.165, 1.54) is 12.3 Å². The number of hydrogen-bond acceptors (Lipinski definition) is 3. The Hall–Kier alpha value is -2.73. The summed E-state index contributed by atoms with van der Waals surface area (Å²) in [5, 5.41) is 3.48. The molecule has 3 aromatic rings. The monoisotopic (exact) mass is 390 g/mol. The van der Waals surface area contributed by atoms with Crippen molar-refractivity contribution >= 4 is 17.5 Å². The first-order valence-corrected chi connectivity index (χ1v) is 8.75. The van der Waals surface area contributed by atoms with Gasteiger partial charge in [-0.2, -0.15) is 0 Å². The summed E-state index contributed by atoms with van der Waals surface area (Å²) in [5.41, 5.74) is 1.02. The van der Waals surface area contributed by atoms with Crippen LogP contribution in [0.1, 0.15) is 30.8 Å². The quantitative estimate of drug-likeness (QED) is 0.638. The highest BCUT2D eigenvalue weighted by Crippen LogP contribution is 2.24. The van der Waals surface area contributed by atoms with Gasteiger partial charge in [0.1, 0.15) is 11.6 Å². The third kappa shape index (κ3) is 4.92. The summed E-state index contributed by atoms with van der Waals surface area (Å²) in [7, 11) is 0. The summed E-state index contributed by atoms with van der Waals surface area (Å²) in [6.45, 7) is 1.87. The normalized spacial score (nSPS) is 12.0. The van der Waals surface area contributed by atoms with Gasteiger partial charge in [0.05, 0.1) is 17.8 Å². The smallest absolute Gasteiger partial charge is 0.220 e. The first kappa shape index (κ1) is 19.0. The minimum absolute atomic E-state index is 0.120. The molecule has 4 nitrogen and oxygen atoms in total. The average Bonchev–Trinajstić information content (AvgIpc) is 3.08. The van der Waals surface area contributed by atoms with E-state index in [9.17, 15) is 13.6 Å². The molecule has 1 aromatic heterocycles. The molecule has 0 bridgehead atoms. The summed E-state index contributed by atoms with van der Waals surface area (Å²) in [4.78, 5) is 16.2. The van der Waals surface area contributed by atoms with E-state index in [-0.39, 0.29) is 36.1 Å². The molecule has 0 aliphatic heterocycles. The molecule has 3 rings (SSSR count). The first-order valence-electron chi connectivity index (χ1n) is 8.37. The third-order valence-electron chi connectivity index (χ3n) is 4.04. The number of rotatable bonds is 6. The van der Waals surface area contributed by atoms with Crippen LogP contribution in [0.2, 0.25) is 5.02 Å². The van der Waals surface area contributed by atoms with Crippen molar-refractivity contribution in [2.75, 3.05) is 0 Å². The van der Waals surface area contributed by atoms with Crippen molar-refractivity contribution in [3.8, 4) is 11.3 Å². The van der Waals surface area contributed by atoms with Crippen LogP contribution >= 0.6 is 11.6 Å². The molecule has 1 N–H and O–H groups in total. The molecule has 1 atom stereocenters. The van der Waals surface area contributed by atoms with Gasteiger partial charge in [0, 0.05) is 23.9 Å². The van der Waals surface area contributed by atoms with Gasteiger partial charge in [-0.05, 0) is 36.8 Å². The van der Waals surface area contributed by atoms with Crippen LogP contribution in [0.3, 0.4) is 0 Å². The first-order chi connectivity index (χ1) is 12.9. The van der Waals surface area contributed by atoms with Crippen LogP contribution in [0.5, 0.6) is 0 Å². The van der Waals surface area contributed by atoms with Crippen LogP contribution in [0, 0.1) is 11.6 Å². The standard InChI is InChI=1S/C20H17ClF2N2O2/c1-12(13-3-2-4-14(21)9-13)25-19(26)7-8-20-24-11-18(27-20)16-6-5-15(22)10-17(16)23/h2-6,9-12H,7-8H2,1H3,(H,25,26)/t12-/m0/s1. The third-order valence-corrected chi connectivity index (χ3v) is 4.28. The molecule has 0 spiro atoms. The molecule has 140 valence electrons. The van der Waals surface area contributed by atoms with Crippen molar-refractivity contribution in [2.45, 2.75) is 25.8 Å². The van der Waals surface area contributed by atoms with Crippen LogP contribution in [0.15, 0.2) is 53.1 Å². The van der Waals surface area contributed by atoms with Gasteiger partial charge in [-0.25, -0.2) is 13.8 Å².